The zero-order valence-corrected chi connectivity index (χ0v) is 11.6. The van der Waals surface area contributed by atoms with E-state index in [-0.39, 0.29) is 18.3 Å². The number of esters is 1. The third kappa shape index (κ3) is 3.51. The van der Waals surface area contributed by atoms with E-state index in [0.29, 0.717) is 22.2 Å². The van der Waals surface area contributed by atoms with Crippen molar-refractivity contribution >= 4 is 28.4 Å². The average Bonchev–Trinajstić information content (AvgIpc) is 2.86. The van der Waals surface area contributed by atoms with Crippen molar-refractivity contribution in [2.24, 2.45) is 16.5 Å². The quantitative estimate of drug-likeness (QED) is 0.489. The number of pyridine rings is 1. The number of rotatable bonds is 4. The molecular formula is C12H13N5O2S. The van der Waals surface area contributed by atoms with Gasteiger partial charge in [-0.2, -0.15) is 4.99 Å². The Morgan fingerprint density at radius 2 is 2.15 bits per heavy atom. The van der Waals surface area contributed by atoms with Crippen LogP contribution in [-0.2, 0) is 16.0 Å². The van der Waals surface area contributed by atoms with Crippen LogP contribution in [0, 0.1) is 0 Å². The molecule has 0 saturated carbocycles. The van der Waals surface area contributed by atoms with Gasteiger partial charge in [-0.05, 0) is 12.1 Å². The number of hydrogen-bond acceptors (Lipinski definition) is 6. The molecular weight excluding hydrogens is 278 g/mol. The fourth-order valence-corrected chi connectivity index (χ4v) is 2.18. The summed E-state index contributed by atoms with van der Waals surface area (Å²) < 4.78 is 4.61. The predicted octanol–water partition coefficient (Wildman–Crippen LogP) is 0.825. The van der Waals surface area contributed by atoms with Crippen molar-refractivity contribution < 1.29 is 9.53 Å². The van der Waals surface area contributed by atoms with E-state index in [9.17, 15) is 4.79 Å². The summed E-state index contributed by atoms with van der Waals surface area (Å²) >= 11 is 1.31. The molecule has 0 aromatic carbocycles. The van der Waals surface area contributed by atoms with E-state index in [1.807, 2.05) is 0 Å². The van der Waals surface area contributed by atoms with Crippen LogP contribution >= 0.6 is 11.3 Å². The number of guanidine groups is 1. The maximum absolute atomic E-state index is 11.2. The number of nitrogens with zero attached hydrogens (tertiary/aromatic N) is 3. The van der Waals surface area contributed by atoms with E-state index in [2.05, 4.69) is 19.7 Å². The number of thiazole rings is 1. The van der Waals surface area contributed by atoms with Crippen LogP contribution < -0.4 is 11.5 Å². The minimum Gasteiger partial charge on any atom is -0.469 e. The van der Waals surface area contributed by atoms with Crippen molar-refractivity contribution in [1.82, 2.24) is 9.97 Å². The highest BCUT2D eigenvalue weighted by molar-refractivity contribution is 7.13. The zero-order valence-electron chi connectivity index (χ0n) is 10.7. The number of aromatic nitrogens is 2. The second-order valence-corrected chi connectivity index (χ2v) is 4.66. The van der Waals surface area contributed by atoms with Gasteiger partial charge in [-0.1, -0.05) is 6.07 Å². The third-order valence-electron chi connectivity index (χ3n) is 2.34. The molecule has 0 amide bonds. The Morgan fingerprint density at radius 1 is 1.35 bits per heavy atom. The first-order chi connectivity index (χ1) is 9.58. The maximum Gasteiger partial charge on any atom is 0.311 e. The first-order valence-corrected chi connectivity index (χ1v) is 6.54. The lowest BCUT2D eigenvalue weighted by atomic mass is 10.2. The number of hydrogen-bond donors (Lipinski definition) is 2. The van der Waals surface area contributed by atoms with E-state index < -0.39 is 0 Å². The van der Waals surface area contributed by atoms with Gasteiger partial charge in [0.15, 0.2) is 5.96 Å². The highest BCUT2D eigenvalue weighted by Gasteiger charge is 2.09. The van der Waals surface area contributed by atoms with Gasteiger partial charge in [0.1, 0.15) is 5.69 Å². The molecule has 20 heavy (non-hydrogen) atoms. The molecule has 2 aromatic rings. The van der Waals surface area contributed by atoms with Crippen molar-refractivity contribution in [3.63, 3.8) is 0 Å². The molecule has 0 atom stereocenters. The predicted molar refractivity (Wildman–Crippen MR) is 76.5 cm³/mol. The van der Waals surface area contributed by atoms with Gasteiger partial charge in [-0.15, -0.1) is 11.3 Å². The maximum atomic E-state index is 11.2. The molecule has 0 saturated heterocycles. The molecule has 0 radical (unpaired) electrons. The Balaban J connectivity index is 2.24. The minimum absolute atomic E-state index is 0.0432. The standard InChI is InChI=1S/C12H13N5O2S/c1-19-10(18)5-7-3-2-4-8(15-7)9-6-20-12(16-9)17-11(13)14/h2-4,6H,5H2,1H3,(H4,13,14,16,17). The molecule has 0 aliphatic rings. The summed E-state index contributed by atoms with van der Waals surface area (Å²) in [6.07, 6.45) is 0.120. The average molecular weight is 291 g/mol. The summed E-state index contributed by atoms with van der Waals surface area (Å²) in [4.78, 5) is 23.7. The van der Waals surface area contributed by atoms with Gasteiger partial charge in [0.25, 0.3) is 0 Å². The van der Waals surface area contributed by atoms with Crippen LogP contribution in [0.1, 0.15) is 5.69 Å². The Labute approximate surface area is 119 Å². The second kappa shape index (κ2) is 6.11. The number of ether oxygens (including phenoxy) is 1. The molecule has 2 aromatic heterocycles. The second-order valence-electron chi connectivity index (χ2n) is 3.82. The topological polar surface area (TPSA) is 116 Å². The van der Waals surface area contributed by atoms with E-state index in [1.54, 1.807) is 23.6 Å². The zero-order chi connectivity index (χ0) is 14.5. The summed E-state index contributed by atoms with van der Waals surface area (Å²) in [6, 6.07) is 5.36. The number of aliphatic imine (C=N–C) groups is 1. The van der Waals surface area contributed by atoms with E-state index >= 15 is 0 Å². The van der Waals surface area contributed by atoms with Gasteiger partial charge < -0.3 is 16.2 Å². The fourth-order valence-electron chi connectivity index (χ4n) is 1.48. The van der Waals surface area contributed by atoms with Crippen LogP contribution in [-0.4, -0.2) is 29.0 Å². The minimum atomic E-state index is -0.339. The molecule has 2 rings (SSSR count). The van der Waals surface area contributed by atoms with Gasteiger partial charge in [0.2, 0.25) is 5.13 Å². The van der Waals surface area contributed by atoms with Crippen molar-refractivity contribution in [3.05, 3.63) is 29.3 Å². The van der Waals surface area contributed by atoms with Crippen LogP contribution in [0.5, 0.6) is 0 Å². The molecule has 0 aliphatic carbocycles. The molecule has 4 N–H and O–H groups in total. The van der Waals surface area contributed by atoms with Gasteiger partial charge in [0, 0.05) is 5.38 Å². The Morgan fingerprint density at radius 3 is 2.85 bits per heavy atom. The van der Waals surface area contributed by atoms with Crippen LogP contribution in [0.15, 0.2) is 28.6 Å². The van der Waals surface area contributed by atoms with E-state index in [1.165, 1.54) is 18.4 Å². The van der Waals surface area contributed by atoms with Crippen LogP contribution in [0.3, 0.4) is 0 Å². The van der Waals surface area contributed by atoms with Gasteiger partial charge >= 0.3 is 5.97 Å². The summed E-state index contributed by atoms with van der Waals surface area (Å²) in [5.74, 6) is -0.382. The molecule has 0 aliphatic heterocycles. The molecule has 0 fully saturated rings. The Hall–Kier alpha value is -2.48. The molecule has 2 heterocycles. The highest BCUT2D eigenvalue weighted by Crippen LogP contribution is 2.25. The third-order valence-corrected chi connectivity index (χ3v) is 3.07. The van der Waals surface area contributed by atoms with Crippen molar-refractivity contribution in [2.45, 2.75) is 6.42 Å². The highest BCUT2D eigenvalue weighted by atomic mass is 32.1. The summed E-state index contributed by atoms with van der Waals surface area (Å²) in [7, 11) is 1.34. The number of carbonyl (C=O) groups excluding carboxylic acids is 1. The lowest BCUT2D eigenvalue weighted by Gasteiger charge is -2.01. The van der Waals surface area contributed by atoms with Gasteiger partial charge in [-0.25, -0.2) is 4.98 Å². The monoisotopic (exact) mass is 291 g/mol. The summed E-state index contributed by atoms with van der Waals surface area (Å²) in [6.45, 7) is 0. The fraction of sp³-hybridized carbons (Fsp3) is 0.167. The van der Waals surface area contributed by atoms with Gasteiger partial charge in [-0.3, -0.25) is 9.78 Å². The first kappa shape index (κ1) is 13.9. The molecule has 0 spiro atoms. The van der Waals surface area contributed by atoms with Crippen molar-refractivity contribution in [2.75, 3.05) is 7.11 Å². The van der Waals surface area contributed by atoms with Crippen LogP contribution in [0.4, 0.5) is 5.13 Å². The number of nitrogens with two attached hydrogens (primary N) is 2. The number of carbonyl (C=O) groups is 1. The SMILES string of the molecule is COC(=O)Cc1cccc(-c2csc(N=C(N)N)n2)n1. The summed E-state index contributed by atoms with van der Waals surface area (Å²) in [5.41, 5.74) is 12.5. The number of methoxy groups -OCH3 is 1. The molecule has 104 valence electrons. The van der Waals surface area contributed by atoms with Crippen LogP contribution in [0.25, 0.3) is 11.4 Å². The van der Waals surface area contributed by atoms with Crippen molar-refractivity contribution in [3.8, 4) is 11.4 Å². The lowest BCUT2D eigenvalue weighted by Crippen LogP contribution is -2.21. The normalized spacial score (nSPS) is 10.1. The van der Waals surface area contributed by atoms with Crippen molar-refractivity contribution in [1.29, 1.82) is 0 Å². The molecule has 0 bridgehead atoms. The molecule has 0 unspecified atom stereocenters. The van der Waals surface area contributed by atoms with E-state index in [0.717, 1.165) is 0 Å². The van der Waals surface area contributed by atoms with Gasteiger partial charge in [0.05, 0.1) is 24.9 Å². The molecule has 8 heteroatoms. The van der Waals surface area contributed by atoms with E-state index in [4.69, 9.17) is 11.5 Å². The Bertz CT molecular complexity index is 649. The summed E-state index contributed by atoms with van der Waals surface area (Å²) in [5, 5.41) is 2.26. The smallest absolute Gasteiger partial charge is 0.311 e. The first-order valence-electron chi connectivity index (χ1n) is 5.67. The molecule has 7 nitrogen and oxygen atoms in total. The largest absolute Gasteiger partial charge is 0.469 e. The Kier molecular flexibility index (Phi) is 4.26. The lowest BCUT2D eigenvalue weighted by molar-refractivity contribution is -0.139. The van der Waals surface area contributed by atoms with Crippen LogP contribution in [0.2, 0.25) is 0 Å².